The topological polar surface area (TPSA) is 47.0 Å². The molecule has 2 rings (SSSR count). The van der Waals surface area contributed by atoms with E-state index in [1.807, 2.05) is 0 Å². The lowest BCUT2D eigenvalue weighted by Crippen LogP contribution is -1.96. The number of pyridine rings is 1. The second-order valence-electron chi connectivity index (χ2n) is 3.41. The van der Waals surface area contributed by atoms with E-state index in [1.165, 1.54) is 24.4 Å². The van der Waals surface area contributed by atoms with Gasteiger partial charge in [0.15, 0.2) is 0 Å². The molecule has 1 aromatic carbocycles. The lowest BCUT2D eigenvalue weighted by Gasteiger charge is -1.94. The van der Waals surface area contributed by atoms with E-state index in [0.29, 0.717) is 5.56 Å². The minimum absolute atomic E-state index is 0.132. The Bertz CT molecular complexity index is 698. The summed E-state index contributed by atoms with van der Waals surface area (Å²) in [4.78, 5) is 3.52. The van der Waals surface area contributed by atoms with Gasteiger partial charge in [0.05, 0.1) is 4.90 Å². The van der Waals surface area contributed by atoms with Crippen molar-refractivity contribution in [1.29, 1.82) is 0 Å². The van der Waals surface area contributed by atoms with Crippen molar-refractivity contribution in [2.24, 2.45) is 0 Å². The van der Waals surface area contributed by atoms with Crippen LogP contribution < -0.4 is 0 Å². The van der Waals surface area contributed by atoms with Gasteiger partial charge in [-0.1, -0.05) is 18.2 Å². The Morgan fingerprint density at radius 3 is 2.39 bits per heavy atom. The Morgan fingerprint density at radius 2 is 1.78 bits per heavy atom. The first-order chi connectivity index (χ1) is 8.58. The highest BCUT2D eigenvalue weighted by Gasteiger charge is 2.08. The molecule has 18 heavy (non-hydrogen) atoms. The zero-order valence-electron chi connectivity index (χ0n) is 9.17. The third-order valence-corrected chi connectivity index (χ3v) is 3.37. The van der Waals surface area contributed by atoms with E-state index in [-0.39, 0.29) is 4.90 Å². The molecule has 0 bridgehead atoms. The quantitative estimate of drug-likeness (QED) is 0.582. The molecule has 0 saturated heterocycles. The van der Waals surface area contributed by atoms with Crippen LogP contribution in [0.1, 0.15) is 5.56 Å². The SMILES string of the molecule is O=S(=O)(C#Cc1ccc(F)nc1)c1ccccc1. The van der Waals surface area contributed by atoms with Gasteiger partial charge >= 0.3 is 0 Å². The number of aromatic nitrogens is 1. The molecule has 0 atom stereocenters. The Kier molecular flexibility index (Phi) is 3.40. The third kappa shape index (κ3) is 2.93. The molecule has 0 spiro atoms. The summed E-state index contributed by atoms with van der Waals surface area (Å²) in [6.07, 6.45) is 1.18. The second kappa shape index (κ2) is 4.98. The lowest BCUT2D eigenvalue weighted by atomic mass is 10.3. The van der Waals surface area contributed by atoms with E-state index >= 15 is 0 Å². The van der Waals surface area contributed by atoms with Crippen LogP contribution in [0.5, 0.6) is 0 Å². The van der Waals surface area contributed by atoms with Crippen molar-refractivity contribution in [3.63, 3.8) is 0 Å². The Morgan fingerprint density at radius 1 is 1.06 bits per heavy atom. The molecule has 0 radical (unpaired) electrons. The first-order valence-corrected chi connectivity index (χ1v) is 6.51. The van der Waals surface area contributed by atoms with Crippen LogP contribution in [-0.2, 0) is 9.84 Å². The molecule has 0 aliphatic carbocycles. The van der Waals surface area contributed by atoms with Gasteiger partial charge in [0, 0.05) is 17.0 Å². The van der Waals surface area contributed by atoms with Gasteiger partial charge in [-0.15, -0.1) is 0 Å². The van der Waals surface area contributed by atoms with Crippen LogP contribution in [0.15, 0.2) is 53.6 Å². The van der Waals surface area contributed by atoms with Gasteiger partial charge in [0.1, 0.15) is 0 Å². The van der Waals surface area contributed by atoms with Gasteiger partial charge in [0.2, 0.25) is 15.8 Å². The van der Waals surface area contributed by atoms with Crippen LogP contribution in [-0.4, -0.2) is 13.4 Å². The molecule has 1 aromatic heterocycles. The smallest absolute Gasteiger partial charge is 0.227 e. The Balaban J connectivity index is 2.33. The van der Waals surface area contributed by atoms with Crippen molar-refractivity contribution in [2.45, 2.75) is 4.90 Å². The minimum Gasteiger partial charge on any atom is -0.227 e. The maximum atomic E-state index is 12.5. The standard InChI is InChI=1S/C13H8FNO2S/c14-13-7-6-11(10-15-13)8-9-18(16,17)12-4-2-1-3-5-12/h1-7,10H. The minimum atomic E-state index is -3.65. The monoisotopic (exact) mass is 261 g/mol. The third-order valence-electron chi connectivity index (χ3n) is 2.11. The number of rotatable bonds is 1. The second-order valence-corrected chi connectivity index (χ2v) is 5.10. The van der Waals surface area contributed by atoms with Gasteiger partial charge in [-0.3, -0.25) is 0 Å². The van der Waals surface area contributed by atoms with Crippen molar-refractivity contribution in [3.05, 3.63) is 60.2 Å². The molecule has 0 fully saturated rings. The summed E-state index contributed by atoms with van der Waals surface area (Å²) in [5.74, 6) is 1.81. The van der Waals surface area contributed by atoms with E-state index in [2.05, 4.69) is 16.2 Å². The zero-order chi connectivity index (χ0) is 13.0. The molecule has 0 unspecified atom stereocenters. The van der Waals surface area contributed by atoms with Gasteiger partial charge in [0.25, 0.3) is 0 Å². The molecule has 0 amide bonds. The van der Waals surface area contributed by atoms with Crippen molar-refractivity contribution in [3.8, 4) is 11.2 Å². The average molecular weight is 261 g/mol. The maximum absolute atomic E-state index is 12.5. The summed E-state index contributed by atoms with van der Waals surface area (Å²) < 4.78 is 36.2. The molecule has 0 saturated carbocycles. The summed E-state index contributed by atoms with van der Waals surface area (Å²) in [6, 6.07) is 10.4. The molecule has 0 N–H and O–H groups in total. The summed E-state index contributed by atoms with van der Waals surface area (Å²) in [5.41, 5.74) is 0.343. The highest BCUT2D eigenvalue weighted by molar-refractivity contribution is 7.96. The Labute approximate surface area is 104 Å². The maximum Gasteiger partial charge on any atom is 0.245 e. The van der Waals surface area contributed by atoms with E-state index in [1.54, 1.807) is 18.2 Å². The molecule has 0 aliphatic heterocycles. The largest absolute Gasteiger partial charge is 0.245 e. The van der Waals surface area contributed by atoms with E-state index in [0.717, 1.165) is 6.07 Å². The van der Waals surface area contributed by atoms with Crippen LogP contribution in [0.25, 0.3) is 0 Å². The fourth-order valence-corrected chi connectivity index (χ4v) is 2.12. The normalized spacial score (nSPS) is 10.5. The van der Waals surface area contributed by atoms with Crippen molar-refractivity contribution in [1.82, 2.24) is 4.98 Å². The molecular weight excluding hydrogens is 253 g/mol. The first-order valence-electron chi connectivity index (χ1n) is 5.02. The number of hydrogen-bond acceptors (Lipinski definition) is 3. The fraction of sp³-hybridized carbons (Fsp3) is 0. The number of nitrogens with zero attached hydrogens (tertiary/aromatic N) is 1. The van der Waals surface area contributed by atoms with E-state index in [9.17, 15) is 12.8 Å². The fourth-order valence-electron chi connectivity index (χ4n) is 1.23. The van der Waals surface area contributed by atoms with E-state index < -0.39 is 15.8 Å². The molecule has 5 heteroatoms. The summed E-state index contributed by atoms with van der Waals surface area (Å²) >= 11 is 0. The summed E-state index contributed by atoms with van der Waals surface area (Å²) in [7, 11) is -3.65. The van der Waals surface area contributed by atoms with E-state index in [4.69, 9.17) is 0 Å². The van der Waals surface area contributed by atoms with Crippen LogP contribution >= 0.6 is 0 Å². The highest BCUT2D eigenvalue weighted by Crippen LogP contribution is 2.08. The number of sulfone groups is 1. The predicted molar refractivity (Wildman–Crippen MR) is 64.7 cm³/mol. The Hall–Kier alpha value is -2.19. The molecule has 2 aromatic rings. The molecule has 3 nitrogen and oxygen atoms in total. The molecule has 90 valence electrons. The van der Waals surface area contributed by atoms with Gasteiger partial charge in [-0.25, -0.2) is 13.4 Å². The lowest BCUT2D eigenvalue weighted by molar-refractivity contribution is 0.583. The van der Waals surface area contributed by atoms with Crippen LogP contribution in [0.2, 0.25) is 0 Å². The molecule has 0 aliphatic rings. The summed E-state index contributed by atoms with van der Waals surface area (Å²) in [6.45, 7) is 0. The average Bonchev–Trinajstić information content (AvgIpc) is 2.39. The summed E-state index contributed by atoms with van der Waals surface area (Å²) in [5, 5.41) is 2.17. The van der Waals surface area contributed by atoms with Crippen LogP contribution in [0.4, 0.5) is 4.39 Å². The van der Waals surface area contributed by atoms with Gasteiger partial charge < -0.3 is 0 Å². The van der Waals surface area contributed by atoms with Crippen molar-refractivity contribution >= 4 is 9.84 Å². The van der Waals surface area contributed by atoms with Crippen LogP contribution in [0, 0.1) is 17.1 Å². The van der Waals surface area contributed by atoms with Gasteiger partial charge in [-0.05, 0) is 30.2 Å². The zero-order valence-corrected chi connectivity index (χ0v) is 9.99. The first kappa shape index (κ1) is 12.3. The van der Waals surface area contributed by atoms with Crippen LogP contribution in [0.3, 0.4) is 0 Å². The molecule has 1 heterocycles. The number of benzene rings is 1. The van der Waals surface area contributed by atoms with Crippen molar-refractivity contribution in [2.75, 3.05) is 0 Å². The predicted octanol–water partition coefficient (Wildman–Crippen LogP) is 2.00. The molecular formula is C13H8FNO2S. The number of hydrogen-bond donors (Lipinski definition) is 0. The highest BCUT2D eigenvalue weighted by atomic mass is 32.2. The number of halogens is 1. The van der Waals surface area contributed by atoms with Crippen molar-refractivity contribution < 1.29 is 12.8 Å². The van der Waals surface area contributed by atoms with Gasteiger partial charge in [-0.2, -0.15) is 4.39 Å².